The van der Waals surface area contributed by atoms with Crippen molar-refractivity contribution in [1.82, 2.24) is 5.32 Å². The maximum absolute atomic E-state index is 13.0. The normalized spacial score (nSPS) is 15.8. The van der Waals surface area contributed by atoms with E-state index in [-0.39, 0.29) is 17.9 Å². The molecule has 1 atom stereocenters. The van der Waals surface area contributed by atoms with E-state index in [2.05, 4.69) is 5.32 Å². The lowest BCUT2D eigenvalue weighted by molar-refractivity contribution is -0.126. The predicted octanol–water partition coefficient (Wildman–Crippen LogP) is 4.14. The zero-order valence-electron chi connectivity index (χ0n) is 14.5. The topological polar surface area (TPSA) is 38.3 Å². The van der Waals surface area contributed by atoms with Crippen molar-refractivity contribution in [1.29, 1.82) is 0 Å². The van der Waals surface area contributed by atoms with Crippen molar-refractivity contribution < 1.29 is 9.53 Å². The predicted molar refractivity (Wildman–Crippen MR) is 102 cm³/mol. The van der Waals surface area contributed by atoms with Crippen LogP contribution in [0.3, 0.4) is 0 Å². The number of hydrogen-bond acceptors (Lipinski definition) is 2. The third-order valence-corrected chi connectivity index (χ3v) is 4.80. The molecule has 130 valence electrons. The van der Waals surface area contributed by atoms with Gasteiger partial charge in [0.2, 0.25) is 5.91 Å². The molecule has 0 saturated carbocycles. The van der Waals surface area contributed by atoms with Gasteiger partial charge in [0.1, 0.15) is 12.4 Å². The maximum atomic E-state index is 13.0. The van der Waals surface area contributed by atoms with Crippen LogP contribution in [0.5, 0.6) is 5.75 Å². The van der Waals surface area contributed by atoms with Gasteiger partial charge in [0.25, 0.3) is 0 Å². The van der Waals surface area contributed by atoms with E-state index in [1.54, 1.807) is 0 Å². The van der Waals surface area contributed by atoms with Crippen molar-refractivity contribution in [2.45, 2.75) is 12.5 Å². The van der Waals surface area contributed by atoms with Crippen LogP contribution in [0.4, 0.5) is 0 Å². The van der Waals surface area contributed by atoms with Crippen LogP contribution in [-0.2, 0) is 11.2 Å². The van der Waals surface area contributed by atoms with Gasteiger partial charge < -0.3 is 10.1 Å². The van der Waals surface area contributed by atoms with E-state index >= 15 is 0 Å². The minimum Gasteiger partial charge on any atom is -0.492 e. The Hall–Kier alpha value is -3.07. The van der Waals surface area contributed by atoms with E-state index in [4.69, 9.17) is 4.74 Å². The van der Waals surface area contributed by atoms with Crippen molar-refractivity contribution in [2.24, 2.45) is 5.92 Å². The number of nitrogens with one attached hydrogen (secondary N) is 1. The number of fused-ring (bicyclic) bond motifs is 1. The van der Waals surface area contributed by atoms with Crippen LogP contribution in [0, 0.1) is 5.92 Å². The fourth-order valence-electron chi connectivity index (χ4n) is 3.41. The first-order valence-corrected chi connectivity index (χ1v) is 8.92. The van der Waals surface area contributed by atoms with Crippen LogP contribution in [0.1, 0.15) is 22.7 Å². The number of benzene rings is 3. The van der Waals surface area contributed by atoms with Crippen LogP contribution >= 0.6 is 0 Å². The molecule has 0 fully saturated rings. The Morgan fingerprint density at radius 2 is 1.42 bits per heavy atom. The van der Waals surface area contributed by atoms with Crippen LogP contribution in [0.25, 0.3) is 0 Å². The van der Waals surface area contributed by atoms with Crippen LogP contribution in [-0.4, -0.2) is 12.5 Å². The summed E-state index contributed by atoms with van der Waals surface area (Å²) in [4.78, 5) is 13.0. The number of ether oxygens (including phenoxy) is 1. The second-order valence-electron chi connectivity index (χ2n) is 6.58. The van der Waals surface area contributed by atoms with Crippen molar-refractivity contribution in [2.75, 3.05) is 6.61 Å². The van der Waals surface area contributed by atoms with Crippen molar-refractivity contribution >= 4 is 5.91 Å². The minimum atomic E-state index is -0.181. The number of para-hydroxylation sites is 1. The van der Waals surface area contributed by atoms with Gasteiger partial charge in [0, 0.05) is 0 Å². The minimum absolute atomic E-state index is 0.0252. The summed E-state index contributed by atoms with van der Waals surface area (Å²) in [5.74, 6) is 0.733. The standard InChI is InChI=1S/C23H21NO2/c25-23(20-15-19-13-7-8-14-21(19)26-16-20)24-22(17-9-3-1-4-10-17)18-11-5-2-6-12-18/h1-14,20,22H,15-16H2,(H,24,25). The van der Waals surface area contributed by atoms with Gasteiger partial charge in [-0.2, -0.15) is 0 Å². The molecular weight excluding hydrogens is 322 g/mol. The molecule has 0 spiro atoms. The van der Waals surface area contributed by atoms with Crippen molar-refractivity contribution in [3.8, 4) is 5.75 Å². The largest absolute Gasteiger partial charge is 0.492 e. The average Bonchev–Trinajstić information content (AvgIpc) is 2.72. The monoisotopic (exact) mass is 343 g/mol. The molecular formula is C23H21NO2. The van der Waals surface area contributed by atoms with E-state index in [0.717, 1.165) is 22.4 Å². The molecule has 1 aliphatic rings. The zero-order valence-corrected chi connectivity index (χ0v) is 14.5. The fraction of sp³-hybridized carbons (Fsp3) is 0.174. The first kappa shape index (κ1) is 16.4. The molecule has 1 aliphatic heterocycles. The molecule has 1 heterocycles. The van der Waals surface area contributed by atoms with Gasteiger partial charge in [-0.3, -0.25) is 4.79 Å². The number of carbonyl (C=O) groups excluding carboxylic acids is 1. The Kier molecular flexibility index (Phi) is 4.69. The summed E-state index contributed by atoms with van der Waals surface area (Å²) < 4.78 is 5.79. The maximum Gasteiger partial charge on any atom is 0.227 e. The van der Waals surface area contributed by atoms with E-state index in [1.165, 1.54) is 0 Å². The lowest BCUT2D eigenvalue weighted by Crippen LogP contribution is -2.39. The Bertz CT molecular complexity index is 837. The smallest absolute Gasteiger partial charge is 0.227 e. The van der Waals surface area contributed by atoms with Gasteiger partial charge >= 0.3 is 0 Å². The summed E-state index contributed by atoms with van der Waals surface area (Å²) in [6.07, 6.45) is 0.707. The Morgan fingerprint density at radius 3 is 2.08 bits per heavy atom. The molecule has 3 nitrogen and oxygen atoms in total. The molecule has 1 unspecified atom stereocenters. The highest BCUT2D eigenvalue weighted by Crippen LogP contribution is 2.28. The molecule has 3 heteroatoms. The number of amides is 1. The SMILES string of the molecule is O=C(NC(c1ccccc1)c1ccccc1)C1COc2ccccc2C1. The summed E-state index contributed by atoms with van der Waals surface area (Å²) in [6, 6.07) is 27.9. The highest BCUT2D eigenvalue weighted by molar-refractivity contribution is 5.80. The first-order valence-electron chi connectivity index (χ1n) is 8.92. The lowest BCUT2D eigenvalue weighted by atomic mass is 9.94. The summed E-state index contributed by atoms with van der Waals surface area (Å²) in [5.41, 5.74) is 3.24. The van der Waals surface area contributed by atoms with Gasteiger partial charge in [-0.15, -0.1) is 0 Å². The quantitative estimate of drug-likeness (QED) is 0.773. The molecule has 4 rings (SSSR count). The van der Waals surface area contributed by atoms with E-state index in [0.29, 0.717) is 13.0 Å². The highest BCUT2D eigenvalue weighted by Gasteiger charge is 2.28. The van der Waals surface area contributed by atoms with Crippen molar-refractivity contribution in [3.05, 3.63) is 102 Å². The number of rotatable bonds is 4. The van der Waals surface area contributed by atoms with E-state index in [9.17, 15) is 4.79 Å². The van der Waals surface area contributed by atoms with Gasteiger partial charge in [-0.25, -0.2) is 0 Å². The molecule has 0 bridgehead atoms. The van der Waals surface area contributed by atoms with Crippen LogP contribution < -0.4 is 10.1 Å². The van der Waals surface area contributed by atoms with Gasteiger partial charge in [-0.05, 0) is 29.2 Å². The van der Waals surface area contributed by atoms with E-state index in [1.807, 2.05) is 84.9 Å². The molecule has 0 saturated heterocycles. The second-order valence-corrected chi connectivity index (χ2v) is 6.58. The highest BCUT2D eigenvalue weighted by atomic mass is 16.5. The average molecular weight is 343 g/mol. The zero-order chi connectivity index (χ0) is 17.8. The Labute approximate surface area is 153 Å². The molecule has 0 aliphatic carbocycles. The fourth-order valence-corrected chi connectivity index (χ4v) is 3.41. The lowest BCUT2D eigenvalue weighted by Gasteiger charge is -2.27. The summed E-state index contributed by atoms with van der Waals surface area (Å²) in [5, 5.41) is 3.23. The van der Waals surface area contributed by atoms with Crippen molar-refractivity contribution in [3.63, 3.8) is 0 Å². The van der Waals surface area contributed by atoms with Gasteiger partial charge in [-0.1, -0.05) is 78.9 Å². The molecule has 1 N–H and O–H groups in total. The van der Waals surface area contributed by atoms with E-state index < -0.39 is 0 Å². The van der Waals surface area contributed by atoms with Crippen LogP contribution in [0.2, 0.25) is 0 Å². The first-order chi connectivity index (χ1) is 12.8. The number of carbonyl (C=O) groups is 1. The van der Waals surface area contributed by atoms with Gasteiger partial charge in [0.15, 0.2) is 0 Å². The molecule has 0 radical (unpaired) electrons. The summed E-state index contributed by atoms with van der Waals surface area (Å²) >= 11 is 0. The molecule has 0 aromatic heterocycles. The summed E-state index contributed by atoms with van der Waals surface area (Å²) in [7, 11) is 0. The van der Waals surface area contributed by atoms with Gasteiger partial charge in [0.05, 0.1) is 12.0 Å². The molecule has 3 aromatic rings. The Morgan fingerprint density at radius 1 is 0.846 bits per heavy atom. The molecule has 1 amide bonds. The second kappa shape index (κ2) is 7.44. The third kappa shape index (κ3) is 3.47. The molecule has 26 heavy (non-hydrogen) atoms. The van der Waals surface area contributed by atoms with Crippen LogP contribution in [0.15, 0.2) is 84.9 Å². The Balaban J connectivity index is 1.56. The molecule has 3 aromatic carbocycles. The number of hydrogen-bond donors (Lipinski definition) is 1. The third-order valence-electron chi connectivity index (χ3n) is 4.80. The summed E-state index contributed by atoms with van der Waals surface area (Å²) in [6.45, 7) is 0.416.